The molecule has 0 radical (unpaired) electrons. The first kappa shape index (κ1) is 14.6. The van der Waals surface area contributed by atoms with Crippen LogP contribution in [0.5, 0.6) is 5.75 Å². The van der Waals surface area contributed by atoms with Gasteiger partial charge in [-0.05, 0) is 17.7 Å². The largest absolute Gasteiger partial charge is 0.495 e. The van der Waals surface area contributed by atoms with Crippen molar-refractivity contribution in [3.05, 3.63) is 28.8 Å². The number of rotatable bonds is 4. The molecule has 5 heteroatoms. The van der Waals surface area contributed by atoms with E-state index >= 15 is 0 Å². The number of methoxy groups -OCH3 is 2. The third-order valence-corrected chi connectivity index (χ3v) is 4.16. The number of benzene rings is 1. The third kappa shape index (κ3) is 2.87. The molecule has 2 rings (SSSR count). The fourth-order valence-electron chi connectivity index (χ4n) is 2.53. The van der Waals surface area contributed by atoms with Gasteiger partial charge in [0.15, 0.2) is 0 Å². The molecule has 0 spiro atoms. The standard InChI is InChI=1S/C14H20ClNO3/c1-17-12-9-10(3-4-11(12)15)13(16)14(18-2)5-7-19-8-6-14/h3-4,9,13H,5-8,16H2,1-2H3. The van der Waals surface area contributed by atoms with Crippen LogP contribution >= 0.6 is 11.6 Å². The molecule has 0 aromatic heterocycles. The normalized spacial score (nSPS) is 20.0. The highest BCUT2D eigenvalue weighted by Crippen LogP contribution is 2.37. The second-order valence-electron chi connectivity index (χ2n) is 4.75. The average molecular weight is 286 g/mol. The van der Waals surface area contributed by atoms with Crippen LogP contribution in [0, 0.1) is 0 Å². The SMILES string of the molecule is COc1cc(C(N)C2(OC)CCOCC2)ccc1Cl. The van der Waals surface area contributed by atoms with Crippen molar-refractivity contribution in [1.82, 2.24) is 0 Å². The van der Waals surface area contributed by atoms with E-state index in [1.807, 2.05) is 12.1 Å². The molecule has 1 fully saturated rings. The minimum atomic E-state index is -0.378. The maximum absolute atomic E-state index is 6.41. The van der Waals surface area contributed by atoms with E-state index in [9.17, 15) is 0 Å². The van der Waals surface area contributed by atoms with Crippen molar-refractivity contribution in [3.8, 4) is 5.75 Å². The van der Waals surface area contributed by atoms with Gasteiger partial charge in [-0.1, -0.05) is 17.7 Å². The Morgan fingerprint density at radius 3 is 2.58 bits per heavy atom. The van der Waals surface area contributed by atoms with Crippen molar-refractivity contribution in [2.24, 2.45) is 5.73 Å². The second kappa shape index (κ2) is 6.09. The maximum Gasteiger partial charge on any atom is 0.137 e. The van der Waals surface area contributed by atoms with E-state index < -0.39 is 0 Å². The average Bonchev–Trinajstić information content (AvgIpc) is 2.47. The summed E-state index contributed by atoms with van der Waals surface area (Å²) in [6, 6.07) is 5.38. The zero-order valence-corrected chi connectivity index (χ0v) is 12.1. The topological polar surface area (TPSA) is 53.7 Å². The Hall–Kier alpha value is -0.810. The Morgan fingerprint density at radius 1 is 1.32 bits per heavy atom. The molecule has 106 valence electrons. The lowest BCUT2D eigenvalue weighted by Gasteiger charge is -2.40. The summed E-state index contributed by atoms with van der Waals surface area (Å²) in [5.74, 6) is 0.632. The Balaban J connectivity index is 2.28. The molecule has 1 saturated heterocycles. The van der Waals surface area contributed by atoms with E-state index in [2.05, 4.69) is 0 Å². The molecular weight excluding hydrogens is 266 g/mol. The Kier molecular flexibility index (Phi) is 4.68. The van der Waals surface area contributed by atoms with Crippen LogP contribution in [0.1, 0.15) is 24.4 Å². The van der Waals surface area contributed by atoms with Gasteiger partial charge in [0.05, 0.1) is 23.8 Å². The zero-order valence-electron chi connectivity index (χ0n) is 11.3. The van der Waals surface area contributed by atoms with Gasteiger partial charge < -0.3 is 19.9 Å². The maximum atomic E-state index is 6.41. The van der Waals surface area contributed by atoms with Gasteiger partial charge in [0, 0.05) is 33.2 Å². The summed E-state index contributed by atoms with van der Waals surface area (Å²) in [5.41, 5.74) is 6.99. The molecule has 0 amide bonds. The highest BCUT2D eigenvalue weighted by Gasteiger charge is 2.39. The van der Waals surface area contributed by atoms with Gasteiger partial charge in [0.25, 0.3) is 0 Å². The zero-order chi connectivity index (χ0) is 13.9. The summed E-state index contributed by atoms with van der Waals surface area (Å²) in [6.07, 6.45) is 1.57. The number of nitrogens with two attached hydrogens (primary N) is 1. The summed E-state index contributed by atoms with van der Waals surface area (Å²) in [5, 5.41) is 0.580. The predicted molar refractivity (Wildman–Crippen MR) is 74.7 cm³/mol. The van der Waals surface area contributed by atoms with Gasteiger partial charge in [-0.25, -0.2) is 0 Å². The van der Waals surface area contributed by atoms with Crippen LogP contribution < -0.4 is 10.5 Å². The van der Waals surface area contributed by atoms with Crippen LogP contribution in [-0.2, 0) is 9.47 Å². The Labute approximate surface area is 118 Å². The molecule has 0 saturated carbocycles. The molecule has 1 aromatic carbocycles. The van der Waals surface area contributed by atoms with Gasteiger partial charge in [-0.15, -0.1) is 0 Å². The van der Waals surface area contributed by atoms with E-state index in [1.54, 1.807) is 20.3 Å². The van der Waals surface area contributed by atoms with E-state index in [-0.39, 0.29) is 11.6 Å². The summed E-state index contributed by atoms with van der Waals surface area (Å²) in [4.78, 5) is 0. The van der Waals surface area contributed by atoms with Crippen molar-refractivity contribution < 1.29 is 14.2 Å². The molecule has 1 aromatic rings. The lowest BCUT2D eigenvalue weighted by atomic mass is 9.82. The summed E-state index contributed by atoms with van der Waals surface area (Å²) in [6.45, 7) is 1.35. The van der Waals surface area contributed by atoms with E-state index in [4.69, 9.17) is 31.5 Å². The summed E-state index contributed by atoms with van der Waals surface area (Å²) in [7, 11) is 3.30. The first-order valence-corrected chi connectivity index (χ1v) is 6.72. The number of hydrogen-bond donors (Lipinski definition) is 1. The predicted octanol–water partition coefficient (Wildman–Crippen LogP) is 2.54. The quantitative estimate of drug-likeness (QED) is 0.924. The van der Waals surface area contributed by atoms with Crippen LogP contribution in [0.25, 0.3) is 0 Å². The van der Waals surface area contributed by atoms with Gasteiger partial charge in [-0.2, -0.15) is 0 Å². The van der Waals surface area contributed by atoms with E-state index in [1.165, 1.54) is 0 Å². The number of ether oxygens (including phenoxy) is 3. The minimum absolute atomic E-state index is 0.229. The molecule has 1 unspecified atom stereocenters. The van der Waals surface area contributed by atoms with Crippen LogP contribution in [0.2, 0.25) is 5.02 Å². The fraction of sp³-hybridized carbons (Fsp3) is 0.571. The molecule has 19 heavy (non-hydrogen) atoms. The van der Waals surface area contributed by atoms with Crippen molar-refractivity contribution in [2.75, 3.05) is 27.4 Å². The van der Waals surface area contributed by atoms with Gasteiger partial charge in [0.2, 0.25) is 0 Å². The van der Waals surface area contributed by atoms with Crippen molar-refractivity contribution in [1.29, 1.82) is 0 Å². The molecule has 0 bridgehead atoms. The lowest BCUT2D eigenvalue weighted by Crippen LogP contribution is -2.47. The molecule has 2 N–H and O–H groups in total. The number of hydrogen-bond acceptors (Lipinski definition) is 4. The highest BCUT2D eigenvalue weighted by atomic mass is 35.5. The molecule has 0 aliphatic carbocycles. The molecule has 4 nitrogen and oxygen atoms in total. The number of halogens is 1. The highest BCUT2D eigenvalue weighted by molar-refractivity contribution is 6.32. The lowest BCUT2D eigenvalue weighted by molar-refractivity contribution is -0.105. The van der Waals surface area contributed by atoms with Crippen LogP contribution in [0.3, 0.4) is 0 Å². The van der Waals surface area contributed by atoms with Gasteiger partial charge >= 0.3 is 0 Å². The van der Waals surface area contributed by atoms with E-state index in [0.29, 0.717) is 24.0 Å². The molecule has 1 atom stereocenters. The minimum Gasteiger partial charge on any atom is -0.495 e. The van der Waals surface area contributed by atoms with Crippen LogP contribution in [-0.4, -0.2) is 33.0 Å². The third-order valence-electron chi connectivity index (χ3n) is 3.85. The molecule has 1 aliphatic rings. The molecule has 1 heterocycles. The van der Waals surface area contributed by atoms with Crippen molar-refractivity contribution in [3.63, 3.8) is 0 Å². The van der Waals surface area contributed by atoms with E-state index in [0.717, 1.165) is 18.4 Å². The van der Waals surface area contributed by atoms with Crippen LogP contribution in [0.4, 0.5) is 0 Å². The Bertz CT molecular complexity index is 433. The smallest absolute Gasteiger partial charge is 0.137 e. The summed E-state index contributed by atoms with van der Waals surface area (Å²) >= 11 is 6.04. The second-order valence-corrected chi connectivity index (χ2v) is 5.16. The van der Waals surface area contributed by atoms with Gasteiger partial charge in [0.1, 0.15) is 5.75 Å². The van der Waals surface area contributed by atoms with Crippen molar-refractivity contribution in [2.45, 2.75) is 24.5 Å². The first-order chi connectivity index (χ1) is 9.13. The molecule has 1 aliphatic heterocycles. The van der Waals surface area contributed by atoms with Crippen LogP contribution in [0.15, 0.2) is 18.2 Å². The fourth-order valence-corrected chi connectivity index (χ4v) is 2.73. The first-order valence-electron chi connectivity index (χ1n) is 6.35. The van der Waals surface area contributed by atoms with Gasteiger partial charge in [-0.3, -0.25) is 0 Å². The summed E-state index contributed by atoms with van der Waals surface area (Å²) < 4.78 is 16.4. The Morgan fingerprint density at radius 2 is 2.00 bits per heavy atom. The monoisotopic (exact) mass is 285 g/mol. The molecular formula is C14H20ClNO3. The van der Waals surface area contributed by atoms with Crippen molar-refractivity contribution >= 4 is 11.6 Å².